The molecule has 0 aliphatic carbocycles. The van der Waals surface area contributed by atoms with Crippen molar-refractivity contribution in [3.05, 3.63) is 64.3 Å². The summed E-state index contributed by atoms with van der Waals surface area (Å²) in [4.78, 5) is 12.5. The monoisotopic (exact) mass is 335 g/mol. The van der Waals surface area contributed by atoms with Gasteiger partial charge in [0.05, 0.1) is 5.69 Å². The SMILES string of the molecule is Cc1cc(O)c(-c2cc(C(=O)Nc3c(C)cccc3C)[nH]n2)cc1C. The molecule has 0 bridgehead atoms. The minimum Gasteiger partial charge on any atom is -0.507 e. The van der Waals surface area contributed by atoms with E-state index in [9.17, 15) is 9.90 Å². The Hall–Kier alpha value is -3.08. The molecule has 1 aromatic heterocycles. The van der Waals surface area contributed by atoms with Crippen molar-refractivity contribution in [2.75, 3.05) is 5.32 Å². The lowest BCUT2D eigenvalue weighted by molar-refractivity contribution is 0.102. The zero-order valence-electron chi connectivity index (χ0n) is 14.8. The van der Waals surface area contributed by atoms with E-state index in [1.54, 1.807) is 12.1 Å². The van der Waals surface area contributed by atoms with Crippen molar-refractivity contribution in [2.24, 2.45) is 0 Å². The van der Waals surface area contributed by atoms with Gasteiger partial charge in [-0.15, -0.1) is 0 Å². The average molecular weight is 335 g/mol. The van der Waals surface area contributed by atoms with Gasteiger partial charge in [-0.1, -0.05) is 18.2 Å². The van der Waals surface area contributed by atoms with E-state index in [0.29, 0.717) is 17.0 Å². The fourth-order valence-electron chi connectivity index (χ4n) is 2.77. The number of para-hydroxylation sites is 1. The molecular formula is C20H21N3O2. The largest absolute Gasteiger partial charge is 0.507 e. The Labute approximate surface area is 146 Å². The van der Waals surface area contributed by atoms with Crippen LogP contribution in [0, 0.1) is 27.7 Å². The number of aromatic amines is 1. The van der Waals surface area contributed by atoms with Crippen LogP contribution in [0.15, 0.2) is 36.4 Å². The van der Waals surface area contributed by atoms with Crippen molar-refractivity contribution in [3.63, 3.8) is 0 Å². The lowest BCUT2D eigenvalue weighted by atomic mass is 10.0. The summed E-state index contributed by atoms with van der Waals surface area (Å²) < 4.78 is 0. The molecule has 3 N–H and O–H groups in total. The highest BCUT2D eigenvalue weighted by molar-refractivity contribution is 6.04. The molecule has 5 heteroatoms. The molecule has 0 saturated carbocycles. The number of phenolic OH excluding ortho intramolecular Hbond substituents is 1. The molecule has 2 aromatic carbocycles. The number of amides is 1. The maximum Gasteiger partial charge on any atom is 0.273 e. The lowest BCUT2D eigenvalue weighted by Gasteiger charge is -2.10. The third kappa shape index (κ3) is 3.26. The molecule has 0 aliphatic heterocycles. The van der Waals surface area contributed by atoms with E-state index in [1.807, 2.05) is 52.0 Å². The number of aromatic hydroxyl groups is 1. The number of aromatic nitrogens is 2. The second-order valence-corrected chi connectivity index (χ2v) is 6.34. The van der Waals surface area contributed by atoms with E-state index >= 15 is 0 Å². The second-order valence-electron chi connectivity index (χ2n) is 6.34. The number of hydrogen-bond donors (Lipinski definition) is 3. The predicted molar refractivity (Wildman–Crippen MR) is 99.0 cm³/mol. The summed E-state index contributed by atoms with van der Waals surface area (Å²) in [7, 11) is 0. The van der Waals surface area contributed by atoms with Crippen LogP contribution in [0.3, 0.4) is 0 Å². The van der Waals surface area contributed by atoms with Gasteiger partial charge in [-0.25, -0.2) is 0 Å². The van der Waals surface area contributed by atoms with Crippen LogP contribution in [0.5, 0.6) is 5.75 Å². The van der Waals surface area contributed by atoms with Crippen LogP contribution in [0.2, 0.25) is 0 Å². The van der Waals surface area contributed by atoms with Crippen LogP contribution in [0.4, 0.5) is 5.69 Å². The minimum absolute atomic E-state index is 0.149. The highest BCUT2D eigenvalue weighted by atomic mass is 16.3. The topological polar surface area (TPSA) is 78.0 Å². The molecule has 0 aliphatic rings. The van der Waals surface area contributed by atoms with Crippen molar-refractivity contribution < 1.29 is 9.90 Å². The summed E-state index contributed by atoms with van der Waals surface area (Å²) in [5.41, 5.74) is 6.34. The first kappa shape index (κ1) is 16.8. The smallest absolute Gasteiger partial charge is 0.273 e. The molecule has 0 unspecified atom stereocenters. The number of rotatable bonds is 3. The molecule has 5 nitrogen and oxygen atoms in total. The first-order valence-electron chi connectivity index (χ1n) is 8.10. The first-order chi connectivity index (χ1) is 11.9. The van der Waals surface area contributed by atoms with E-state index in [2.05, 4.69) is 15.5 Å². The van der Waals surface area contributed by atoms with Crippen molar-refractivity contribution in [3.8, 4) is 17.0 Å². The first-order valence-corrected chi connectivity index (χ1v) is 8.10. The zero-order chi connectivity index (χ0) is 18.1. The van der Waals surface area contributed by atoms with Gasteiger partial charge in [-0.3, -0.25) is 9.89 Å². The Balaban J connectivity index is 1.89. The van der Waals surface area contributed by atoms with Gasteiger partial charge >= 0.3 is 0 Å². The predicted octanol–water partition coefficient (Wildman–Crippen LogP) is 4.27. The molecule has 0 radical (unpaired) electrons. The number of hydrogen-bond acceptors (Lipinski definition) is 3. The Morgan fingerprint density at radius 2 is 1.64 bits per heavy atom. The minimum atomic E-state index is -0.264. The fourth-order valence-corrected chi connectivity index (χ4v) is 2.77. The molecular weight excluding hydrogens is 314 g/mol. The summed E-state index contributed by atoms with van der Waals surface area (Å²) in [5, 5.41) is 20.0. The Bertz CT molecular complexity index is 937. The molecule has 0 spiro atoms. The van der Waals surface area contributed by atoms with Crippen molar-refractivity contribution in [2.45, 2.75) is 27.7 Å². The van der Waals surface area contributed by atoms with Gasteiger partial charge in [0.2, 0.25) is 0 Å². The number of carbonyl (C=O) groups is 1. The van der Waals surface area contributed by atoms with Crippen LogP contribution in [0.1, 0.15) is 32.7 Å². The number of benzene rings is 2. The number of nitrogens with one attached hydrogen (secondary N) is 2. The molecule has 3 aromatic rings. The molecule has 25 heavy (non-hydrogen) atoms. The van der Waals surface area contributed by atoms with E-state index in [0.717, 1.165) is 27.9 Å². The third-order valence-corrected chi connectivity index (χ3v) is 4.43. The van der Waals surface area contributed by atoms with Crippen LogP contribution in [0.25, 0.3) is 11.3 Å². The molecule has 3 rings (SSSR count). The molecule has 0 saturated heterocycles. The molecule has 1 amide bonds. The maximum atomic E-state index is 12.5. The number of nitrogens with zero attached hydrogens (tertiary/aromatic N) is 1. The van der Waals surface area contributed by atoms with Gasteiger partial charge in [0, 0.05) is 11.3 Å². The lowest BCUT2D eigenvalue weighted by Crippen LogP contribution is -2.14. The summed E-state index contributed by atoms with van der Waals surface area (Å²) in [6, 6.07) is 11.1. The molecule has 128 valence electrons. The van der Waals surface area contributed by atoms with E-state index in [1.165, 1.54) is 0 Å². The number of H-pyrrole nitrogens is 1. The van der Waals surface area contributed by atoms with Gasteiger partial charge in [0.1, 0.15) is 11.4 Å². The van der Waals surface area contributed by atoms with Crippen LogP contribution in [-0.2, 0) is 0 Å². The summed E-state index contributed by atoms with van der Waals surface area (Å²) in [6.45, 7) is 7.81. The normalized spacial score (nSPS) is 10.7. The number of carbonyl (C=O) groups excluding carboxylic acids is 1. The fraction of sp³-hybridized carbons (Fsp3) is 0.200. The van der Waals surface area contributed by atoms with Crippen LogP contribution < -0.4 is 5.32 Å². The second kappa shape index (κ2) is 6.43. The van der Waals surface area contributed by atoms with Crippen LogP contribution in [-0.4, -0.2) is 21.2 Å². The van der Waals surface area contributed by atoms with Crippen molar-refractivity contribution >= 4 is 11.6 Å². The Morgan fingerprint density at radius 3 is 2.32 bits per heavy atom. The van der Waals surface area contributed by atoms with E-state index < -0.39 is 0 Å². The standard InChI is InChI=1S/C20H21N3O2/c1-11-6-5-7-12(2)19(11)21-20(25)17-10-16(22-23-17)15-8-13(3)14(4)9-18(15)24/h5-10,24H,1-4H3,(H,21,25)(H,22,23). The van der Waals surface area contributed by atoms with Gasteiger partial charge in [0.25, 0.3) is 5.91 Å². The number of anilines is 1. The number of aryl methyl sites for hydroxylation is 4. The van der Waals surface area contributed by atoms with Gasteiger partial charge < -0.3 is 10.4 Å². The average Bonchev–Trinajstić information content (AvgIpc) is 3.04. The van der Waals surface area contributed by atoms with Crippen molar-refractivity contribution in [1.29, 1.82) is 0 Å². The quantitative estimate of drug-likeness (QED) is 0.669. The number of phenols is 1. The highest BCUT2D eigenvalue weighted by Gasteiger charge is 2.15. The molecule has 0 atom stereocenters. The summed E-state index contributed by atoms with van der Waals surface area (Å²) in [5.74, 6) is -0.115. The van der Waals surface area contributed by atoms with E-state index in [4.69, 9.17) is 0 Å². The van der Waals surface area contributed by atoms with Crippen molar-refractivity contribution in [1.82, 2.24) is 10.2 Å². The third-order valence-electron chi connectivity index (χ3n) is 4.43. The van der Waals surface area contributed by atoms with Gasteiger partial charge in [-0.2, -0.15) is 5.10 Å². The van der Waals surface area contributed by atoms with Gasteiger partial charge in [0.15, 0.2) is 0 Å². The molecule has 1 heterocycles. The maximum absolute atomic E-state index is 12.5. The zero-order valence-corrected chi connectivity index (χ0v) is 14.8. The summed E-state index contributed by atoms with van der Waals surface area (Å²) in [6.07, 6.45) is 0. The Morgan fingerprint density at radius 1 is 1.00 bits per heavy atom. The van der Waals surface area contributed by atoms with E-state index in [-0.39, 0.29) is 11.7 Å². The summed E-state index contributed by atoms with van der Waals surface area (Å²) >= 11 is 0. The molecule has 0 fully saturated rings. The van der Waals surface area contributed by atoms with Crippen LogP contribution >= 0.6 is 0 Å². The highest BCUT2D eigenvalue weighted by Crippen LogP contribution is 2.31. The van der Waals surface area contributed by atoms with Gasteiger partial charge in [-0.05, 0) is 68.1 Å². The Kier molecular flexibility index (Phi) is 4.31.